The van der Waals surface area contributed by atoms with Gasteiger partial charge in [0.15, 0.2) is 0 Å². The summed E-state index contributed by atoms with van der Waals surface area (Å²) in [6.07, 6.45) is 1.85. The summed E-state index contributed by atoms with van der Waals surface area (Å²) < 4.78 is 0.982. The number of nitrogens with zero attached hydrogens (tertiary/aromatic N) is 2. The molecule has 1 heterocycles. The molecule has 0 bridgehead atoms. The molecule has 17 heavy (non-hydrogen) atoms. The van der Waals surface area contributed by atoms with Crippen molar-refractivity contribution in [1.29, 1.82) is 5.41 Å². The monoisotopic (exact) mass is 298 g/mol. The highest BCUT2D eigenvalue weighted by Gasteiger charge is 2.15. The largest absolute Gasteiger partial charge is 0.387 e. The molecule has 0 saturated carbocycles. The Bertz CT molecular complexity index is 405. The Morgan fingerprint density at radius 3 is 2.76 bits per heavy atom. The standard InChI is InChI=1S/C12H19BrN4/c1-4-17(7-9(3)11(14)15)12-10(13)5-8(2)6-16-12/h5-6,9H,4,7H2,1-3H3,(H3,14,15). The van der Waals surface area contributed by atoms with Gasteiger partial charge in [0.05, 0.1) is 10.3 Å². The van der Waals surface area contributed by atoms with Crippen LogP contribution in [0, 0.1) is 18.3 Å². The molecule has 0 aliphatic carbocycles. The first-order chi connectivity index (χ1) is 7.95. The molecular formula is C12H19BrN4. The molecule has 3 N–H and O–H groups in total. The molecule has 0 aliphatic rings. The second-order valence-corrected chi connectivity index (χ2v) is 5.07. The van der Waals surface area contributed by atoms with Gasteiger partial charge in [-0.3, -0.25) is 5.41 Å². The Morgan fingerprint density at radius 1 is 1.65 bits per heavy atom. The lowest BCUT2D eigenvalue weighted by molar-refractivity contribution is 0.689. The first-order valence-corrected chi connectivity index (χ1v) is 6.46. The van der Waals surface area contributed by atoms with E-state index >= 15 is 0 Å². The van der Waals surface area contributed by atoms with E-state index in [0.717, 1.165) is 22.4 Å². The molecular weight excluding hydrogens is 280 g/mol. The van der Waals surface area contributed by atoms with Crippen LogP contribution in [-0.4, -0.2) is 23.9 Å². The van der Waals surface area contributed by atoms with Gasteiger partial charge in [0.2, 0.25) is 0 Å². The first kappa shape index (κ1) is 14.0. The summed E-state index contributed by atoms with van der Waals surface area (Å²) in [4.78, 5) is 6.55. The Morgan fingerprint density at radius 2 is 2.29 bits per heavy atom. The number of pyridine rings is 1. The summed E-state index contributed by atoms with van der Waals surface area (Å²) in [5, 5.41) is 7.44. The zero-order chi connectivity index (χ0) is 13.0. The van der Waals surface area contributed by atoms with Crippen molar-refractivity contribution < 1.29 is 0 Å². The highest BCUT2D eigenvalue weighted by molar-refractivity contribution is 9.10. The van der Waals surface area contributed by atoms with Crippen molar-refractivity contribution in [3.8, 4) is 0 Å². The lowest BCUT2D eigenvalue weighted by Crippen LogP contribution is -2.35. The molecule has 0 aromatic carbocycles. The second-order valence-electron chi connectivity index (χ2n) is 4.21. The summed E-state index contributed by atoms with van der Waals surface area (Å²) in [7, 11) is 0. The van der Waals surface area contributed by atoms with Crippen LogP contribution in [0.15, 0.2) is 16.7 Å². The van der Waals surface area contributed by atoms with Crippen LogP contribution >= 0.6 is 15.9 Å². The van der Waals surface area contributed by atoms with Crippen molar-refractivity contribution in [3.63, 3.8) is 0 Å². The Kier molecular flexibility index (Phi) is 4.93. The number of anilines is 1. The Labute approximate surface area is 111 Å². The van der Waals surface area contributed by atoms with Crippen molar-refractivity contribution in [2.24, 2.45) is 11.7 Å². The molecule has 1 rings (SSSR count). The number of halogens is 1. The number of hydrogen-bond acceptors (Lipinski definition) is 3. The molecule has 4 nitrogen and oxygen atoms in total. The lowest BCUT2D eigenvalue weighted by atomic mass is 10.1. The molecule has 1 unspecified atom stereocenters. The predicted octanol–water partition coefficient (Wildman–Crippen LogP) is 2.55. The highest BCUT2D eigenvalue weighted by atomic mass is 79.9. The van der Waals surface area contributed by atoms with Crippen LogP contribution in [0.5, 0.6) is 0 Å². The SMILES string of the molecule is CCN(CC(C)C(=N)N)c1ncc(C)cc1Br. The van der Waals surface area contributed by atoms with Gasteiger partial charge in [0.25, 0.3) is 0 Å². The van der Waals surface area contributed by atoms with Gasteiger partial charge in [0.1, 0.15) is 5.82 Å². The first-order valence-electron chi connectivity index (χ1n) is 5.66. The third-order valence-electron chi connectivity index (χ3n) is 2.66. The van der Waals surface area contributed by atoms with E-state index in [0.29, 0.717) is 6.54 Å². The van der Waals surface area contributed by atoms with E-state index in [4.69, 9.17) is 11.1 Å². The summed E-state index contributed by atoms with van der Waals surface area (Å²) in [5.74, 6) is 1.16. The third-order valence-corrected chi connectivity index (χ3v) is 3.25. The van der Waals surface area contributed by atoms with Crippen molar-refractivity contribution in [2.75, 3.05) is 18.0 Å². The van der Waals surface area contributed by atoms with Gasteiger partial charge in [-0.05, 0) is 41.4 Å². The Hall–Kier alpha value is -1.10. The molecule has 1 atom stereocenters. The van der Waals surface area contributed by atoms with E-state index < -0.39 is 0 Å². The lowest BCUT2D eigenvalue weighted by Gasteiger charge is -2.26. The van der Waals surface area contributed by atoms with E-state index in [1.54, 1.807) is 0 Å². The predicted molar refractivity (Wildman–Crippen MR) is 75.6 cm³/mol. The molecule has 0 spiro atoms. The van der Waals surface area contributed by atoms with Gasteiger partial charge in [-0.25, -0.2) is 4.98 Å². The number of nitrogens with two attached hydrogens (primary N) is 1. The minimum Gasteiger partial charge on any atom is -0.387 e. The van der Waals surface area contributed by atoms with E-state index in [-0.39, 0.29) is 11.8 Å². The van der Waals surface area contributed by atoms with Gasteiger partial charge >= 0.3 is 0 Å². The number of hydrogen-bond donors (Lipinski definition) is 2. The highest BCUT2D eigenvalue weighted by Crippen LogP contribution is 2.24. The molecule has 1 aromatic rings. The van der Waals surface area contributed by atoms with E-state index in [2.05, 4.69) is 32.7 Å². The second kappa shape index (κ2) is 6.00. The van der Waals surface area contributed by atoms with E-state index in [9.17, 15) is 0 Å². The van der Waals surface area contributed by atoms with E-state index in [1.165, 1.54) is 0 Å². The average molecular weight is 299 g/mol. The third kappa shape index (κ3) is 3.70. The van der Waals surface area contributed by atoms with Crippen LogP contribution in [-0.2, 0) is 0 Å². The van der Waals surface area contributed by atoms with Gasteiger partial charge in [-0.1, -0.05) is 6.92 Å². The number of amidine groups is 1. The molecule has 94 valence electrons. The Balaban J connectivity index is 2.90. The zero-order valence-electron chi connectivity index (χ0n) is 10.5. The van der Waals surface area contributed by atoms with Gasteiger partial charge < -0.3 is 10.6 Å². The fourth-order valence-corrected chi connectivity index (χ4v) is 2.27. The van der Waals surface area contributed by atoms with Crippen LogP contribution in [0.4, 0.5) is 5.82 Å². The fraction of sp³-hybridized carbons (Fsp3) is 0.500. The number of rotatable bonds is 5. The van der Waals surface area contributed by atoms with Crippen LogP contribution < -0.4 is 10.6 Å². The smallest absolute Gasteiger partial charge is 0.142 e. The summed E-state index contributed by atoms with van der Waals surface area (Å²) in [5.41, 5.74) is 6.63. The quantitative estimate of drug-likeness (QED) is 0.648. The van der Waals surface area contributed by atoms with Crippen LogP contribution in [0.3, 0.4) is 0 Å². The fourth-order valence-electron chi connectivity index (χ4n) is 1.55. The molecule has 0 saturated heterocycles. The minimum atomic E-state index is 0.0324. The maximum atomic E-state index is 7.44. The topological polar surface area (TPSA) is 66.0 Å². The maximum absolute atomic E-state index is 7.44. The molecule has 1 aromatic heterocycles. The van der Waals surface area contributed by atoms with Gasteiger partial charge in [-0.15, -0.1) is 0 Å². The van der Waals surface area contributed by atoms with E-state index in [1.807, 2.05) is 26.1 Å². The molecule has 5 heteroatoms. The molecule has 0 radical (unpaired) electrons. The summed E-state index contributed by atoms with van der Waals surface area (Å²) in [6, 6.07) is 2.05. The van der Waals surface area contributed by atoms with Crippen molar-refractivity contribution in [1.82, 2.24) is 4.98 Å². The van der Waals surface area contributed by atoms with Gasteiger partial charge in [0, 0.05) is 25.2 Å². The maximum Gasteiger partial charge on any atom is 0.142 e. The van der Waals surface area contributed by atoms with Crippen LogP contribution in [0.2, 0.25) is 0 Å². The number of aromatic nitrogens is 1. The molecule has 0 amide bonds. The summed E-state index contributed by atoms with van der Waals surface area (Å²) >= 11 is 3.53. The number of aryl methyl sites for hydroxylation is 1. The van der Waals surface area contributed by atoms with Crippen LogP contribution in [0.1, 0.15) is 19.4 Å². The van der Waals surface area contributed by atoms with Gasteiger partial charge in [-0.2, -0.15) is 0 Å². The normalized spacial score (nSPS) is 12.2. The van der Waals surface area contributed by atoms with Crippen molar-refractivity contribution in [2.45, 2.75) is 20.8 Å². The van der Waals surface area contributed by atoms with Crippen molar-refractivity contribution in [3.05, 3.63) is 22.3 Å². The van der Waals surface area contributed by atoms with Crippen LogP contribution in [0.25, 0.3) is 0 Å². The molecule has 0 aliphatic heterocycles. The molecule has 0 fully saturated rings. The average Bonchev–Trinajstić information content (AvgIpc) is 2.26. The summed E-state index contributed by atoms with van der Waals surface area (Å²) in [6.45, 7) is 7.58. The zero-order valence-corrected chi connectivity index (χ0v) is 12.1. The number of nitrogens with one attached hydrogen (secondary N) is 1. The van der Waals surface area contributed by atoms with Crippen molar-refractivity contribution >= 4 is 27.6 Å². The minimum absolute atomic E-state index is 0.0324.